The van der Waals surface area contributed by atoms with E-state index in [9.17, 15) is 18.0 Å². The highest BCUT2D eigenvalue weighted by Crippen LogP contribution is 2.28. The van der Waals surface area contributed by atoms with Crippen LogP contribution in [0, 0.1) is 13.8 Å². The molecule has 8 heteroatoms. The fraction of sp³-hybridized carbons (Fsp3) is 0.333. The largest absolute Gasteiger partial charge is 0.495 e. The highest BCUT2D eigenvalue weighted by atomic mass is 32.2. The number of sulfonamides is 1. The maximum absolute atomic E-state index is 12.6. The van der Waals surface area contributed by atoms with Crippen LogP contribution in [0.15, 0.2) is 41.3 Å². The second kappa shape index (κ2) is 8.34. The molecule has 3 rings (SSSR count). The molecule has 1 aliphatic carbocycles. The number of carbonyl (C=O) groups is 2. The third-order valence-electron chi connectivity index (χ3n) is 4.60. The monoisotopic (exact) mass is 417 g/mol. The molecular formula is C21H23NO6S. The van der Waals surface area contributed by atoms with E-state index in [-0.39, 0.29) is 28.0 Å². The number of aryl methyl sites for hydroxylation is 2. The molecule has 1 fully saturated rings. The third kappa shape index (κ3) is 5.02. The molecule has 1 saturated carbocycles. The first-order valence-corrected chi connectivity index (χ1v) is 10.7. The average Bonchev–Trinajstić information content (AvgIpc) is 3.48. The van der Waals surface area contributed by atoms with E-state index in [1.54, 1.807) is 6.07 Å². The van der Waals surface area contributed by atoms with Gasteiger partial charge in [0.05, 0.1) is 12.7 Å². The maximum atomic E-state index is 12.6. The number of hydrogen-bond acceptors (Lipinski definition) is 6. The molecule has 0 amide bonds. The molecule has 0 aromatic heterocycles. The van der Waals surface area contributed by atoms with Gasteiger partial charge in [0.15, 0.2) is 6.61 Å². The molecule has 0 atom stereocenters. The smallest absolute Gasteiger partial charge is 0.338 e. The Kier molecular flexibility index (Phi) is 6.04. The average molecular weight is 417 g/mol. The highest BCUT2D eigenvalue weighted by molar-refractivity contribution is 7.89. The molecule has 154 valence electrons. The van der Waals surface area contributed by atoms with Crippen LogP contribution in [-0.4, -0.2) is 39.9 Å². The summed E-state index contributed by atoms with van der Waals surface area (Å²) in [6, 6.07) is 9.30. The van der Waals surface area contributed by atoms with E-state index in [2.05, 4.69) is 4.72 Å². The normalized spacial score (nSPS) is 13.8. The fourth-order valence-corrected chi connectivity index (χ4v) is 4.42. The van der Waals surface area contributed by atoms with Crippen molar-refractivity contribution in [2.24, 2.45) is 0 Å². The van der Waals surface area contributed by atoms with Gasteiger partial charge in [-0.2, -0.15) is 0 Å². The second-order valence-electron chi connectivity index (χ2n) is 7.08. The van der Waals surface area contributed by atoms with Gasteiger partial charge < -0.3 is 9.47 Å². The van der Waals surface area contributed by atoms with Crippen molar-refractivity contribution in [3.8, 4) is 5.75 Å². The topological polar surface area (TPSA) is 98.8 Å². The molecule has 0 saturated heterocycles. The predicted octanol–water partition coefficient (Wildman–Crippen LogP) is 2.79. The highest BCUT2D eigenvalue weighted by Gasteiger charge is 2.30. The van der Waals surface area contributed by atoms with E-state index in [1.807, 2.05) is 26.0 Å². The van der Waals surface area contributed by atoms with E-state index in [4.69, 9.17) is 9.47 Å². The van der Waals surface area contributed by atoms with Crippen LogP contribution < -0.4 is 9.46 Å². The lowest BCUT2D eigenvalue weighted by molar-refractivity contribution is 0.0474. The van der Waals surface area contributed by atoms with Crippen LogP contribution >= 0.6 is 0 Å². The minimum atomic E-state index is -3.83. The van der Waals surface area contributed by atoms with Crippen LogP contribution in [0.4, 0.5) is 0 Å². The Hall–Kier alpha value is -2.71. The number of nitrogens with one attached hydrogen (secondary N) is 1. The summed E-state index contributed by atoms with van der Waals surface area (Å²) in [6.07, 6.45) is 1.56. The van der Waals surface area contributed by atoms with Crippen molar-refractivity contribution in [3.63, 3.8) is 0 Å². The van der Waals surface area contributed by atoms with Gasteiger partial charge in [0.2, 0.25) is 15.8 Å². The van der Waals surface area contributed by atoms with Gasteiger partial charge in [-0.1, -0.05) is 23.8 Å². The quantitative estimate of drug-likeness (QED) is 0.524. The number of ketones is 1. The van der Waals surface area contributed by atoms with Crippen LogP contribution in [0.25, 0.3) is 0 Å². The minimum Gasteiger partial charge on any atom is -0.495 e. The van der Waals surface area contributed by atoms with E-state index < -0.39 is 22.6 Å². The zero-order valence-corrected chi connectivity index (χ0v) is 17.3. The summed E-state index contributed by atoms with van der Waals surface area (Å²) in [4.78, 5) is 24.6. The first-order valence-electron chi connectivity index (χ1n) is 9.19. The van der Waals surface area contributed by atoms with Crippen molar-refractivity contribution >= 4 is 21.8 Å². The SMILES string of the molecule is COc1ccc(C(=O)OCC(=O)c2ccc(C)cc2C)cc1S(=O)(=O)NC1CC1. The molecule has 0 heterocycles. The molecule has 29 heavy (non-hydrogen) atoms. The molecule has 1 N–H and O–H groups in total. The van der Waals surface area contributed by atoms with E-state index in [0.29, 0.717) is 5.56 Å². The van der Waals surface area contributed by atoms with Gasteiger partial charge in [0.1, 0.15) is 10.6 Å². The van der Waals surface area contributed by atoms with E-state index in [0.717, 1.165) is 24.0 Å². The molecule has 0 spiro atoms. The van der Waals surface area contributed by atoms with Crippen LogP contribution in [0.3, 0.4) is 0 Å². The molecular weight excluding hydrogens is 394 g/mol. The lowest BCUT2D eigenvalue weighted by Crippen LogP contribution is -2.26. The molecule has 2 aromatic rings. The number of hydrogen-bond donors (Lipinski definition) is 1. The maximum Gasteiger partial charge on any atom is 0.338 e. The lowest BCUT2D eigenvalue weighted by Gasteiger charge is -2.12. The summed E-state index contributed by atoms with van der Waals surface area (Å²) in [5.74, 6) is -0.984. The van der Waals surface area contributed by atoms with Gasteiger partial charge in [0, 0.05) is 11.6 Å². The summed E-state index contributed by atoms with van der Waals surface area (Å²) in [5, 5.41) is 0. The number of rotatable bonds is 8. The lowest BCUT2D eigenvalue weighted by atomic mass is 10.0. The Morgan fingerprint density at radius 1 is 1.10 bits per heavy atom. The van der Waals surface area contributed by atoms with Crippen molar-refractivity contribution in [3.05, 3.63) is 58.7 Å². The first kappa shape index (κ1) is 21.0. The number of carbonyl (C=O) groups excluding carboxylic acids is 2. The number of benzene rings is 2. The van der Waals surface area contributed by atoms with Gasteiger partial charge in [-0.25, -0.2) is 17.9 Å². The Labute approximate surface area is 170 Å². The fourth-order valence-electron chi connectivity index (χ4n) is 2.92. The zero-order valence-electron chi connectivity index (χ0n) is 16.5. The first-order chi connectivity index (χ1) is 13.7. The Morgan fingerprint density at radius 3 is 2.45 bits per heavy atom. The molecule has 0 radical (unpaired) electrons. The predicted molar refractivity (Wildman–Crippen MR) is 107 cm³/mol. The van der Waals surface area contributed by atoms with Crippen molar-refractivity contribution in [2.75, 3.05) is 13.7 Å². The Balaban J connectivity index is 1.75. The van der Waals surface area contributed by atoms with Crippen LogP contribution in [0.1, 0.15) is 44.7 Å². The van der Waals surface area contributed by atoms with Gasteiger partial charge in [-0.3, -0.25) is 4.79 Å². The number of ether oxygens (including phenoxy) is 2. The molecule has 0 aliphatic heterocycles. The summed E-state index contributed by atoms with van der Waals surface area (Å²) in [5.41, 5.74) is 2.34. The van der Waals surface area contributed by atoms with Crippen LogP contribution in [0.5, 0.6) is 5.75 Å². The van der Waals surface area contributed by atoms with Crippen molar-refractivity contribution in [2.45, 2.75) is 37.6 Å². The number of Topliss-reactive ketones (excluding diaryl/α,β-unsaturated/α-hetero) is 1. The van der Waals surface area contributed by atoms with Crippen LogP contribution in [0.2, 0.25) is 0 Å². The standard InChI is InChI=1S/C21H23NO6S/c1-13-4-8-17(14(2)10-13)18(23)12-28-21(24)15-5-9-19(27-3)20(11-15)29(25,26)22-16-6-7-16/h4-5,8-11,16,22H,6-7,12H2,1-3H3. The molecule has 2 aromatic carbocycles. The molecule has 0 bridgehead atoms. The third-order valence-corrected chi connectivity index (χ3v) is 6.15. The molecule has 7 nitrogen and oxygen atoms in total. The second-order valence-corrected chi connectivity index (χ2v) is 8.76. The van der Waals surface area contributed by atoms with Crippen LogP contribution in [-0.2, 0) is 14.8 Å². The number of methoxy groups -OCH3 is 1. The van der Waals surface area contributed by atoms with Crippen molar-refractivity contribution < 1.29 is 27.5 Å². The summed E-state index contributed by atoms with van der Waals surface area (Å²) in [7, 11) is -2.48. The minimum absolute atomic E-state index is 0.0235. The van der Waals surface area contributed by atoms with Gasteiger partial charge in [0.25, 0.3) is 0 Å². The molecule has 0 unspecified atom stereocenters. The van der Waals surface area contributed by atoms with Crippen molar-refractivity contribution in [1.82, 2.24) is 4.72 Å². The van der Waals surface area contributed by atoms with Crippen molar-refractivity contribution in [1.29, 1.82) is 0 Å². The Bertz CT molecular complexity index is 1060. The number of esters is 1. The van der Waals surface area contributed by atoms with Gasteiger partial charge in [-0.05, 0) is 50.5 Å². The van der Waals surface area contributed by atoms with Gasteiger partial charge in [-0.15, -0.1) is 0 Å². The summed E-state index contributed by atoms with van der Waals surface area (Å²) >= 11 is 0. The summed E-state index contributed by atoms with van der Waals surface area (Å²) < 4.78 is 37.9. The molecule has 1 aliphatic rings. The summed E-state index contributed by atoms with van der Waals surface area (Å²) in [6.45, 7) is 3.31. The van der Waals surface area contributed by atoms with E-state index in [1.165, 1.54) is 25.3 Å². The Morgan fingerprint density at radius 2 is 1.83 bits per heavy atom. The van der Waals surface area contributed by atoms with Gasteiger partial charge >= 0.3 is 5.97 Å². The zero-order chi connectivity index (χ0) is 21.2. The van der Waals surface area contributed by atoms with E-state index >= 15 is 0 Å².